The fourth-order valence-corrected chi connectivity index (χ4v) is 2.81. The van der Waals surface area contributed by atoms with Crippen LogP contribution in [0.3, 0.4) is 0 Å². The van der Waals surface area contributed by atoms with E-state index in [1.54, 1.807) is 0 Å². The number of hydrogen-bond acceptors (Lipinski definition) is 2. The highest BCUT2D eigenvalue weighted by Crippen LogP contribution is 2.28. The molecule has 0 aliphatic carbocycles. The van der Waals surface area contributed by atoms with E-state index in [-0.39, 0.29) is 6.04 Å². The maximum atomic E-state index is 5.74. The molecule has 3 N–H and O–H groups in total. The van der Waals surface area contributed by atoms with Crippen LogP contribution in [0, 0.1) is 13.8 Å². The number of benzene rings is 2. The van der Waals surface area contributed by atoms with Gasteiger partial charge in [0.2, 0.25) is 0 Å². The van der Waals surface area contributed by atoms with Gasteiger partial charge in [0.15, 0.2) is 0 Å². The van der Waals surface area contributed by atoms with Crippen molar-refractivity contribution in [2.24, 2.45) is 5.84 Å². The molecule has 1 unspecified atom stereocenters. The van der Waals surface area contributed by atoms with Crippen molar-refractivity contribution >= 4 is 15.9 Å². The van der Waals surface area contributed by atoms with E-state index in [9.17, 15) is 0 Å². The minimum Gasteiger partial charge on any atom is -0.271 e. The van der Waals surface area contributed by atoms with Gasteiger partial charge >= 0.3 is 0 Å². The zero-order valence-electron chi connectivity index (χ0n) is 11.3. The van der Waals surface area contributed by atoms with Crippen molar-refractivity contribution in [3.05, 3.63) is 69.2 Å². The van der Waals surface area contributed by atoms with Crippen LogP contribution in [0.4, 0.5) is 0 Å². The van der Waals surface area contributed by atoms with E-state index < -0.39 is 0 Å². The molecule has 0 saturated heterocycles. The van der Waals surface area contributed by atoms with Crippen LogP contribution in [0.1, 0.15) is 28.3 Å². The van der Waals surface area contributed by atoms with Crippen molar-refractivity contribution in [3.63, 3.8) is 0 Å². The van der Waals surface area contributed by atoms with Crippen LogP contribution in [-0.2, 0) is 6.42 Å². The largest absolute Gasteiger partial charge is 0.271 e. The van der Waals surface area contributed by atoms with Crippen LogP contribution in [-0.4, -0.2) is 0 Å². The number of halogens is 1. The summed E-state index contributed by atoms with van der Waals surface area (Å²) in [5.74, 6) is 5.74. The molecule has 0 aromatic heterocycles. The summed E-state index contributed by atoms with van der Waals surface area (Å²) < 4.78 is 1.13. The first-order valence-electron chi connectivity index (χ1n) is 6.38. The molecule has 1 atom stereocenters. The number of nitrogens with one attached hydrogen (secondary N) is 1. The Morgan fingerprint density at radius 1 is 1.16 bits per heavy atom. The number of rotatable bonds is 4. The van der Waals surface area contributed by atoms with Crippen molar-refractivity contribution in [3.8, 4) is 0 Å². The molecule has 2 aromatic carbocycles. The number of nitrogens with two attached hydrogens (primary N) is 1. The third-order valence-corrected chi connectivity index (χ3v) is 4.40. The molecule has 0 aliphatic rings. The molecule has 0 spiro atoms. The van der Waals surface area contributed by atoms with Crippen molar-refractivity contribution in [1.82, 2.24) is 5.43 Å². The van der Waals surface area contributed by atoms with Crippen molar-refractivity contribution in [2.75, 3.05) is 0 Å². The molecular weight excluding hydrogens is 300 g/mol. The van der Waals surface area contributed by atoms with E-state index >= 15 is 0 Å². The first-order chi connectivity index (χ1) is 9.11. The van der Waals surface area contributed by atoms with Gasteiger partial charge in [0.05, 0.1) is 6.04 Å². The molecule has 0 heterocycles. The van der Waals surface area contributed by atoms with Gasteiger partial charge in [-0.15, -0.1) is 0 Å². The van der Waals surface area contributed by atoms with E-state index in [2.05, 4.69) is 77.7 Å². The SMILES string of the molecule is Cc1cccc(CC(NN)c2cccc(C)c2Br)c1. The van der Waals surface area contributed by atoms with Crippen molar-refractivity contribution in [1.29, 1.82) is 0 Å². The number of aryl methyl sites for hydroxylation is 2. The second kappa shape index (κ2) is 6.33. The average Bonchev–Trinajstić information content (AvgIpc) is 2.40. The molecule has 0 bridgehead atoms. The fraction of sp³-hybridized carbons (Fsp3) is 0.250. The third kappa shape index (κ3) is 3.44. The summed E-state index contributed by atoms with van der Waals surface area (Å²) in [5.41, 5.74) is 7.91. The van der Waals surface area contributed by atoms with Crippen molar-refractivity contribution in [2.45, 2.75) is 26.3 Å². The number of hydrazine groups is 1. The Hall–Kier alpha value is -1.16. The van der Waals surface area contributed by atoms with Crippen molar-refractivity contribution < 1.29 is 0 Å². The van der Waals surface area contributed by atoms with E-state index in [0.717, 1.165) is 10.9 Å². The molecule has 0 saturated carbocycles. The van der Waals surface area contributed by atoms with Gasteiger partial charge in [0.25, 0.3) is 0 Å². The molecule has 19 heavy (non-hydrogen) atoms. The summed E-state index contributed by atoms with van der Waals surface area (Å²) in [6, 6.07) is 14.9. The quantitative estimate of drug-likeness (QED) is 0.664. The summed E-state index contributed by atoms with van der Waals surface area (Å²) in [4.78, 5) is 0. The summed E-state index contributed by atoms with van der Waals surface area (Å²) in [7, 11) is 0. The van der Waals surface area contributed by atoms with Crippen LogP contribution in [0.15, 0.2) is 46.9 Å². The lowest BCUT2D eigenvalue weighted by Gasteiger charge is -2.19. The lowest BCUT2D eigenvalue weighted by molar-refractivity contribution is 0.549. The molecule has 0 aliphatic heterocycles. The predicted octanol–water partition coefficient (Wildman–Crippen LogP) is 3.81. The second-order valence-electron chi connectivity index (χ2n) is 4.89. The fourth-order valence-electron chi connectivity index (χ4n) is 2.27. The highest BCUT2D eigenvalue weighted by atomic mass is 79.9. The molecule has 0 fully saturated rings. The van der Waals surface area contributed by atoms with Gasteiger partial charge in [0.1, 0.15) is 0 Å². The molecule has 2 nitrogen and oxygen atoms in total. The molecular formula is C16H19BrN2. The highest BCUT2D eigenvalue weighted by Gasteiger charge is 2.14. The lowest BCUT2D eigenvalue weighted by Crippen LogP contribution is -2.30. The maximum absolute atomic E-state index is 5.74. The molecule has 2 aromatic rings. The normalized spacial score (nSPS) is 12.4. The van der Waals surface area contributed by atoms with Gasteiger partial charge in [-0.05, 0) is 37.0 Å². The standard InChI is InChI=1S/C16H19BrN2/c1-11-5-3-7-13(9-11)10-15(19-18)14-8-4-6-12(2)16(14)17/h3-9,15,19H,10,18H2,1-2H3. The van der Waals surface area contributed by atoms with Gasteiger partial charge in [0, 0.05) is 4.47 Å². The zero-order chi connectivity index (χ0) is 13.8. The number of hydrogen-bond donors (Lipinski definition) is 2. The second-order valence-corrected chi connectivity index (χ2v) is 5.68. The van der Waals surface area contributed by atoms with E-state index in [1.165, 1.54) is 22.3 Å². The van der Waals surface area contributed by atoms with Gasteiger partial charge in [-0.3, -0.25) is 11.3 Å². The zero-order valence-corrected chi connectivity index (χ0v) is 12.9. The average molecular weight is 319 g/mol. The van der Waals surface area contributed by atoms with Gasteiger partial charge in [-0.2, -0.15) is 0 Å². The summed E-state index contributed by atoms with van der Waals surface area (Å²) >= 11 is 3.65. The minimum atomic E-state index is 0.107. The molecule has 0 amide bonds. The monoisotopic (exact) mass is 318 g/mol. The summed E-state index contributed by atoms with van der Waals surface area (Å²) in [5, 5.41) is 0. The van der Waals surface area contributed by atoms with Crippen LogP contribution >= 0.6 is 15.9 Å². The topological polar surface area (TPSA) is 38.0 Å². The van der Waals surface area contributed by atoms with Gasteiger partial charge in [-0.1, -0.05) is 64.0 Å². The summed E-state index contributed by atoms with van der Waals surface area (Å²) in [6.07, 6.45) is 0.875. The van der Waals surface area contributed by atoms with Crippen LogP contribution < -0.4 is 11.3 Å². The first-order valence-corrected chi connectivity index (χ1v) is 7.18. The Morgan fingerprint density at radius 2 is 1.89 bits per heavy atom. The Bertz CT molecular complexity index is 566. The van der Waals surface area contributed by atoms with Gasteiger partial charge < -0.3 is 0 Å². The van der Waals surface area contributed by atoms with Crippen LogP contribution in [0.25, 0.3) is 0 Å². The highest BCUT2D eigenvalue weighted by molar-refractivity contribution is 9.10. The molecule has 3 heteroatoms. The molecule has 100 valence electrons. The Kier molecular flexibility index (Phi) is 4.75. The smallest absolute Gasteiger partial charge is 0.0511 e. The first kappa shape index (κ1) is 14.3. The molecule has 2 rings (SSSR count). The Morgan fingerprint density at radius 3 is 2.58 bits per heavy atom. The maximum Gasteiger partial charge on any atom is 0.0511 e. The Labute approximate surface area is 123 Å². The van der Waals surface area contributed by atoms with Crippen LogP contribution in [0.5, 0.6) is 0 Å². The molecule has 0 radical (unpaired) electrons. The van der Waals surface area contributed by atoms with Gasteiger partial charge in [-0.25, -0.2) is 0 Å². The predicted molar refractivity (Wildman–Crippen MR) is 83.8 cm³/mol. The Balaban J connectivity index is 2.28. The third-order valence-electron chi connectivity index (χ3n) is 3.32. The van der Waals surface area contributed by atoms with E-state index in [0.29, 0.717) is 0 Å². The summed E-state index contributed by atoms with van der Waals surface area (Å²) in [6.45, 7) is 4.20. The lowest BCUT2D eigenvalue weighted by atomic mass is 9.97. The van der Waals surface area contributed by atoms with E-state index in [4.69, 9.17) is 5.84 Å². The minimum absolute atomic E-state index is 0.107. The van der Waals surface area contributed by atoms with Crippen LogP contribution in [0.2, 0.25) is 0 Å². The van der Waals surface area contributed by atoms with E-state index in [1.807, 2.05) is 0 Å².